The van der Waals surface area contributed by atoms with Crippen LogP contribution in [0.2, 0.25) is 0 Å². The Morgan fingerprint density at radius 3 is 2.73 bits per heavy atom. The fraction of sp³-hybridized carbons (Fsp3) is 0.423. The molecule has 3 nitrogen and oxygen atoms in total. The third-order valence-electron chi connectivity index (χ3n) is 4.83. The first-order chi connectivity index (χ1) is 14.6. The molecule has 0 spiro atoms. The van der Waals surface area contributed by atoms with Crippen molar-refractivity contribution >= 4 is 6.08 Å². The number of halogens is 1. The fourth-order valence-corrected chi connectivity index (χ4v) is 3.09. The molecular weight excluding hydrogens is 377 g/mol. The van der Waals surface area contributed by atoms with E-state index in [4.69, 9.17) is 9.47 Å². The molecule has 162 valence electrons. The van der Waals surface area contributed by atoms with E-state index >= 15 is 0 Å². The number of ether oxygens (including phenoxy) is 2. The van der Waals surface area contributed by atoms with Crippen LogP contribution in [-0.4, -0.2) is 24.3 Å². The molecule has 0 aliphatic heterocycles. The molecule has 0 radical (unpaired) electrons. The summed E-state index contributed by atoms with van der Waals surface area (Å²) >= 11 is 0. The topological polar surface area (TPSA) is 31.4 Å². The van der Waals surface area contributed by atoms with Crippen LogP contribution >= 0.6 is 0 Å². The van der Waals surface area contributed by atoms with Gasteiger partial charge in [-0.2, -0.15) is 0 Å². The molecule has 1 atom stereocenters. The van der Waals surface area contributed by atoms with Gasteiger partial charge in [0.1, 0.15) is 18.2 Å². The molecule has 0 aliphatic carbocycles. The molecule has 0 N–H and O–H groups in total. The van der Waals surface area contributed by atoms with Crippen LogP contribution in [0.15, 0.2) is 55.3 Å². The van der Waals surface area contributed by atoms with Crippen LogP contribution in [0.3, 0.4) is 0 Å². The van der Waals surface area contributed by atoms with Crippen molar-refractivity contribution in [3.63, 3.8) is 0 Å². The number of pyridine rings is 1. The van der Waals surface area contributed by atoms with Crippen molar-refractivity contribution in [2.45, 2.75) is 58.5 Å². The third-order valence-corrected chi connectivity index (χ3v) is 4.83. The van der Waals surface area contributed by atoms with Crippen LogP contribution in [0.25, 0.3) is 17.2 Å². The SMILES string of the molecule is C=CCOc1ccc(-c2ccc(C=CCCCC(C)OCCCCC)nc2)c(F)c1. The largest absolute Gasteiger partial charge is 0.489 e. The standard InChI is InChI=1S/C26H34FNO2/c1-4-6-10-18-29-21(3)11-8-7-9-12-23-14-13-22(20-28-23)25-16-15-24(19-26(25)27)30-17-5-2/h5,9,12-16,19-21H,2,4,6-8,10-11,17-18H2,1,3H3. The predicted octanol–water partition coefficient (Wildman–Crippen LogP) is 7.23. The molecule has 0 fully saturated rings. The lowest BCUT2D eigenvalue weighted by Crippen LogP contribution is -2.08. The molecule has 0 saturated carbocycles. The van der Waals surface area contributed by atoms with E-state index in [0.29, 0.717) is 24.0 Å². The Kier molecular flexibility index (Phi) is 10.9. The second kappa shape index (κ2) is 13.7. The van der Waals surface area contributed by atoms with E-state index in [1.165, 1.54) is 18.9 Å². The van der Waals surface area contributed by atoms with Gasteiger partial charge >= 0.3 is 0 Å². The van der Waals surface area contributed by atoms with Gasteiger partial charge in [0.15, 0.2) is 0 Å². The molecule has 0 aliphatic rings. The van der Waals surface area contributed by atoms with Crippen LogP contribution in [0.5, 0.6) is 5.75 Å². The zero-order valence-corrected chi connectivity index (χ0v) is 18.3. The van der Waals surface area contributed by atoms with Crippen LogP contribution in [-0.2, 0) is 4.74 Å². The maximum Gasteiger partial charge on any atom is 0.134 e. The summed E-state index contributed by atoms with van der Waals surface area (Å²) in [5, 5.41) is 0. The summed E-state index contributed by atoms with van der Waals surface area (Å²) in [6, 6.07) is 8.66. The molecule has 0 amide bonds. The Hall–Kier alpha value is -2.46. The van der Waals surface area contributed by atoms with Crippen molar-refractivity contribution in [2.75, 3.05) is 13.2 Å². The van der Waals surface area contributed by atoms with E-state index < -0.39 is 0 Å². The Morgan fingerprint density at radius 2 is 2.03 bits per heavy atom. The molecule has 0 saturated heterocycles. The monoisotopic (exact) mass is 411 g/mol. The zero-order chi connectivity index (χ0) is 21.6. The minimum Gasteiger partial charge on any atom is -0.489 e. The number of aromatic nitrogens is 1. The van der Waals surface area contributed by atoms with E-state index in [-0.39, 0.29) is 5.82 Å². The highest BCUT2D eigenvalue weighted by molar-refractivity contribution is 5.65. The maximum absolute atomic E-state index is 14.4. The molecule has 2 aromatic rings. The number of hydrogen-bond donors (Lipinski definition) is 0. The van der Waals surface area contributed by atoms with Crippen LogP contribution < -0.4 is 4.74 Å². The summed E-state index contributed by atoms with van der Waals surface area (Å²) in [5.41, 5.74) is 2.12. The molecule has 1 heterocycles. The summed E-state index contributed by atoms with van der Waals surface area (Å²) in [4.78, 5) is 4.44. The summed E-state index contributed by atoms with van der Waals surface area (Å²) in [6.07, 6.45) is 14.6. The quantitative estimate of drug-likeness (QED) is 0.243. The molecule has 30 heavy (non-hydrogen) atoms. The Balaban J connectivity index is 1.78. The van der Waals surface area contributed by atoms with Gasteiger partial charge in [0.05, 0.1) is 11.8 Å². The van der Waals surface area contributed by atoms with Crippen LogP contribution in [0, 0.1) is 5.82 Å². The molecule has 1 aromatic heterocycles. The summed E-state index contributed by atoms with van der Waals surface area (Å²) in [7, 11) is 0. The third kappa shape index (κ3) is 8.50. The van der Waals surface area contributed by atoms with Crippen molar-refractivity contribution in [1.82, 2.24) is 4.98 Å². The van der Waals surface area contributed by atoms with Crippen LogP contribution in [0.1, 0.15) is 58.1 Å². The smallest absolute Gasteiger partial charge is 0.134 e. The second-order valence-electron chi connectivity index (χ2n) is 7.43. The Bertz CT molecular complexity index is 786. The van der Waals surface area contributed by atoms with Crippen LogP contribution in [0.4, 0.5) is 4.39 Å². The average molecular weight is 412 g/mol. The van der Waals surface area contributed by atoms with Crippen molar-refractivity contribution in [3.05, 3.63) is 66.8 Å². The first-order valence-corrected chi connectivity index (χ1v) is 10.9. The highest BCUT2D eigenvalue weighted by Crippen LogP contribution is 2.26. The summed E-state index contributed by atoms with van der Waals surface area (Å²) < 4.78 is 25.6. The molecule has 1 unspecified atom stereocenters. The van der Waals surface area contributed by atoms with Gasteiger partial charge in [-0.3, -0.25) is 4.98 Å². The van der Waals surface area contributed by atoms with Gasteiger partial charge in [-0.25, -0.2) is 4.39 Å². The Labute approximate surface area is 180 Å². The van der Waals surface area contributed by atoms with Gasteiger partial charge in [0.2, 0.25) is 0 Å². The average Bonchev–Trinajstić information content (AvgIpc) is 2.76. The van der Waals surface area contributed by atoms with Gasteiger partial charge in [-0.05, 0) is 56.9 Å². The van der Waals surface area contributed by atoms with Gasteiger partial charge in [-0.15, -0.1) is 0 Å². The first kappa shape index (κ1) is 23.8. The van der Waals surface area contributed by atoms with Gasteiger partial charge < -0.3 is 9.47 Å². The van der Waals surface area contributed by atoms with Gasteiger partial charge in [-0.1, -0.05) is 44.6 Å². The molecular formula is C26H34FNO2. The lowest BCUT2D eigenvalue weighted by atomic mass is 10.1. The van der Waals surface area contributed by atoms with E-state index in [9.17, 15) is 4.39 Å². The van der Waals surface area contributed by atoms with Gasteiger partial charge in [0.25, 0.3) is 0 Å². The van der Waals surface area contributed by atoms with Crippen molar-refractivity contribution < 1.29 is 13.9 Å². The number of unbranched alkanes of at least 4 members (excludes halogenated alkanes) is 3. The second-order valence-corrected chi connectivity index (χ2v) is 7.43. The first-order valence-electron chi connectivity index (χ1n) is 10.9. The summed E-state index contributed by atoms with van der Waals surface area (Å²) in [5.74, 6) is 0.164. The lowest BCUT2D eigenvalue weighted by molar-refractivity contribution is 0.0566. The molecule has 1 aromatic carbocycles. The number of nitrogens with zero attached hydrogens (tertiary/aromatic N) is 1. The number of benzene rings is 1. The predicted molar refractivity (Wildman–Crippen MR) is 123 cm³/mol. The number of allylic oxidation sites excluding steroid dienone is 1. The Morgan fingerprint density at radius 1 is 1.17 bits per heavy atom. The van der Waals surface area contributed by atoms with E-state index in [2.05, 4.69) is 31.5 Å². The zero-order valence-electron chi connectivity index (χ0n) is 18.3. The fourth-order valence-electron chi connectivity index (χ4n) is 3.09. The highest BCUT2D eigenvalue weighted by atomic mass is 19.1. The summed E-state index contributed by atoms with van der Waals surface area (Å²) in [6.45, 7) is 9.16. The highest BCUT2D eigenvalue weighted by Gasteiger charge is 2.07. The van der Waals surface area contributed by atoms with E-state index in [1.54, 1.807) is 24.4 Å². The molecule has 0 bridgehead atoms. The van der Waals surface area contributed by atoms with Crippen molar-refractivity contribution in [1.29, 1.82) is 0 Å². The molecule has 4 heteroatoms. The number of hydrogen-bond acceptors (Lipinski definition) is 3. The lowest BCUT2D eigenvalue weighted by Gasteiger charge is -2.11. The molecule has 2 rings (SSSR count). The minimum absolute atomic E-state index is 0.316. The van der Waals surface area contributed by atoms with Crippen molar-refractivity contribution in [2.24, 2.45) is 0 Å². The van der Waals surface area contributed by atoms with Crippen molar-refractivity contribution in [3.8, 4) is 16.9 Å². The van der Waals surface area contributed by atoms with E-state index in [1.807, 2.05) is 18.2 Å². The minimum atomic E-state index is -0.326. The van der Waals surface area contributed by atoms with Gasteiger partial charge in [0, 0.05) is 30.0 Å². The normalized spacial score (nSPS) is 12.2. The van der Waals surface area contributed by atoms with E-state index in [0.717, 1.165) is 43.5 Å². The maximum atomic E-state index is 14.4. The number of rotatable bonds is 14.